The number of nitrogens with one attached hydrogen (secondary N) is 1. The highest BCUT2D eigenvalue weighted by atomic mass is 16.5. The smallest absolute Gasteiger partial charge is 0.269 e. The summed E-state index contributed by atoms with van der Waals surface area (Å²) >= 11 is 0. The predicted octanol–water partition coefficient (Wildman–Crippen LogP) is 1.46. The van der Waals surface area contributed by atoms with Crippen molar-refractivity contribution in [3.05, 3.63) is 24.0 Å². The second-order valence-electron chi connectivity index (χ2n) is 4.55. The van der Waals surface area contributed by atoms with Crippen LogP contribution in [0.1, 0.15) is 30.8 Å². The highest BCUT2D eigenvalue weighted by molar-refractivity contribution is 5.92. The molecule has 5 nitrogen and oxygen atoms in total. The average molecular weight is 251 g/mol. The summed E-state index contributed by atoms with van der Waals surface area (Å²) in [6, 6.07) is 3.21. The van der Waals surface area contributed by atoms with Gasteiger partial charge in [0.25, 0.3) is 5.91 Å². The third-order valence-electron chi connectivity index (χ3n) is 2.22. The van der Waals surface area contributed by atoms with Gasteiger partial charge in [-0.1, -0.05) is 13.8 Å². The third-order valence-corrected chi connectivity index (χ3v) is 2.22. The molecule has 1 aromatic heterocycles. The van der Waals surface area contributed by atoms with Crippen LogP contribution in [0.2, 0.25) is 0 Å². The fourth-order valence-corrected chi connectivity index (χ4v) is 1.36. The number of nitrogens with two attached hydrogens (primary N) is 1. The molecular formula is C13H21N3O2. The van der Waals surface area contributed by atoms with Gasteiger partial charge >= 0.3 is 0 Å². The number of nitrogen functional groups attached to an aromatic ring is 1. The van der Waals surface area contributed by atoms with Gasteiger partial charge in [-0.2, -0.15) is 0 Å². The molecule has 1 aromatic rings. The largest absolute Gasteiger partial charge is 0.399 e. The first kappa shape index (κ1) is 14.4. The van der Waals surface area contributed by atoms with Crippen molar-refractivity contribution in [2.24, 2.45) is 5.92 Å². The standard InChI is InChI=1S/C13H21N3O2/c1-10(2)9-18-7-3-5-16-13(17)12-8-11(14)4-6-15-12/h4,6,8,10H,3,5,7,9H2,1-2H3,(H2,14,15)(H,16,17). The minimum atomic E-state index is -0.203. The van der Waals surface area contributed by atoms with E-state index in [4.69, 9.17) is 10.5 Å². The van der Waals surface area contributed by atoms with Gasteiger partial charge in [0, 0.05) is 31.6 Å². The van der Waals surface area contributed by atoms with Crippen molar-refractivity contribution in [2.45, 2.75) is 20.3 Å². The van der Waals surface area contributed by atoms with E-state index in [9.17, 15) is 4.79 Å². The zero-order chi connectivity index (χ0) is 13.4. The maximum absolute atomic E-state index is 11.7. The van der Waals surface area contributed by atoms with Gasteiger partial charge in [-0.3, -0.25) is 9.78 Å². The lowest BCUT2D eigenvalue weighted by Crippen LogP contribution is -2.26. The van der Waals surface area contributed by atoms with Crippen molar-refractivity contribution in [1.82, 2.24) is 10.3 Å². The topological polar surface area (TPSA) is 77.2 Å². The van der Waals surface area contributed by atoms with Crippen LogP contribution in [0.4, 0.5) is 5.69 Å². The first-order valence-corrected chi connectivity index (χ1v) is 6.17. The Bertz CT molecular complexity index is 380. The number of ether oxygens (including phenoxy) is 1. The van der Waals surface area contributed by atoms with Gasteiger partial charge in [-0.05, 0) is 24.5 Å². The summed E-state index contributed by atoms with van der Waals surface area (Å²) in [5.41, 5.74) is 6.46. The molecule has 1 amide bonds. The molecule has 0 aliphatic rings. The van der Waals surface area contributed by atoms with Crippen LogP contribution in [0.25, 0.3) is 0 Å². The molecule has 0 spiro atoms. The second-order valence-corrected chi connectivity index (χ2v) is 4.55. The van der Waals surface area contributed by atoms with E-state index < -0.39 is 0 Å². The lowest BCUT2D eigenvalue weighted by Gasteiger charge is -2.07. The molecule has 0 fully saturated rings. The van der Waals surface area contributed by atoms with Crippen LogP contribution in [-0.4, -0.2) is 30.6 Å². The van der Waals surface area contributed by atoms with Gasteiger partial charge in [-0.15, -0.1) is 0 Å². The Morgan fingerprint density at radius 3 is 3.00 bits per heavy atom. The summed E-state index contributed by atoms with van der Waals surface area (Å²) in [6.45, 7) is 6.20. The molecule has 0 unspecified atom stereocenters. The molecule has 0 aliphatic carbocycles. The van der Waals surface area contributed by atoms with Crippen molar-refractivity contribution >= 4 is 11.6 Å². The summed E-state index contributed by atoms with van der Waals surface area (Å²) in [6.07, 6.45) is 2.32. The highest BCUT2D eigenvalue weighted by Crippen LogP contribution is 2.02. The van der Waals surface area contributed by atoms with Crippen LogP contribution in [0.15, 0.2) is 18.3 Å². The lowest BCUT2D eigenvalue weighted by molar-refractivity contribution is 0.0920. The third kappa shape index (κ3) is 5.63. The zero-order valence-electron chi connectivity index (χ0n) is 11.0. The number of amides is 1. The normalized spacial score (nSPS) is 10.6. The van der Waals surface area contributed by atoms with Gasteiger partial charge in [0.05, 0.1) is 0 Å². The number of carbonyl (C=O) groups excluding carboxylic acids is 1. The SMILES string of the molecule is CC(C)COCCCNC(=O)c1cc(N)ccn1. The number of hydrogen-bond acceptors (Lipinski definition) is 4. The fraction of sp³-hybridized carbons (Fsp3) is 0.538. The minimum absolute atomic E-state index is 0.203. The molecule has 100 valence electrons. The average Bonchev–Trinajstić information content (AvgIpc) is 2.33. The molecule has 1 rings (SSSR count). The summed E-state index contributed by atoms with van der Waals surface area (Å²) in [5, 5.41) is 2.78. The Morgan fingerprint density at radius 1 is 1.56 bits per heavy atom. The van der Waals surface area contributed by atoms with Crippen molar-refractivity contribution in [1.29, 1.82) is 0 Å². The molecule has 0 aliphatic heterocycles. The predicted molar refractivity (Wildman–Crippen MR) is 71.3 cm³/mol. The van der Waals surface area contributed by atoms with Crippen LogP contribution in [-0.2, 0) is 4.74 Å². The second kappa shape index (κ2) is 7.66. The highest BCUT2D eigenvalue weighted by Gasteiger charge is 2.06. The molecule has 5 heteroatoms. The van der Waals surface area contributed by atoms with Crippen LogP contribution in [0.3, 0.4) is 0 Å². The number of nitrogens with zero attached hydrogens (tertiary/aromatic N) is 1. The van der Waals surface area contributed by atoms with Crippen molar-refractivity contribution in [3.8, 4) is 0 Å². The first-order valence-electron chi connectivity index (χ1n) is 6.17. The number of hydrogen-bond donors (Lipinski definition) is 2. The zero-order valence-corrected chi connectivity index (χ0v) is 11.0. The minimum Gasteiger partial charge on any atom is -0.399 e. The van der Waals surface area contributed by atoms with E-state index in [1.807, 2.05) is 0 Å². The van der Waals surface area contributed by atoms with Gasteiger partial charge < -0.3 is 15.8 Å². The Kier molecular flexibility index (Phi) is 6.14. The van der Waals surface area contributed by atoms with E-state index >= 15 is 0 Å². The van der Waals surface area contributed by atoms with Crippen molar-refractivity contribution in [3.63, 3.8) is 0 Å². The monoisotopic (exact) mass is 251 g/mol. The molecule has 0 aromatic carbocycles. The molecule has 0 saturated heterocycles. The van der Waals surface area contributed by atoms with Crippen molar-refractivity contribution in [2.75, 3.05) is 25.5 Å². The summed E-state index contributed by atoms with van der Waals surface area (Å²) < 4.78 is 5.41. The first-order chi connectivity index (χ1) is 8.59. The number of rotatable bonds is 7. The summed E-state index contributed by atoms with van der Waals surface area (Å²) in [4.78, 5) is 15.6. The van der Waals surface area contributed by atoms with Crippen LogP contribution in [0, 0.1) is 5.92 Å². The van der Waals surface area contributed by atoms with E-state index in [0.717, 1.165) is 13.0 Å². The van der Waals surface area contributed by atoms with E-state index in [-0.39, 0.29) is 5.91 Å². The molecule has 0 radical (unpaired) electrons. The van der Waals surface area contributed by atoms with Crippen molar-refractivity contribution < 1.29 is 9.53 Å². The molecule has 0 bridgehead atoms. The molecule has 1 heterocycles. The lowest BCUT2D eigenvalue weighted by atomic mass is 10.2. The molecule has 0 saturated carbocycles. The van der Waals surface area contributed by atoms with E-state index in [0.29, 0.717) is 30.5 Å². The Labute approximate surface area is 108 Å². The number of pyridine rings is 1. The van der Waals surface area contributed by atoms with Crippen LogP contribution in [0.5, 0.6) is 0 Å². The van der Waals surface area contributed by atoms with Gasteiger partial charge in [0.15, 0.2) is 0 Å². The van der Waals surface area contributed by atoms with Crippen LogP contribution >= 0.6 is 0 Å². The molecular weight excluding hydrogens is 230 g/mol. The maximum Gasteiger partial charge on any atom is 0.269 e. The number of carbonyl (C=O) groups is 1. The summed E-state index contributed by atoms with van der Waals surface area (Å²) in [7, 11) is 0. The van der Waals surface area contributed by atoms with Gasteiger partial charge in [0.2, 0.25) is 0 Å². The number of aromatic nitrogens is 1. The number of anilines is 1. The van der Waals surface area contributed by atoms with Gasteiger partial charge in [-0.25, -0.2) is 0 Å². The van der Waals surface area contributed by atoms with E-state index in [1.54, 1.807) is 12.1 Å². The molecule has 0 atom stereocenters. The maximum atomic E-state index is 11.7. The quantitative estimate of drug-likeness (QED) is 0.719. The van der Waals surface area contributed by atoms with E-state index in [1.165, 1.54) is 6.20 Å². The Balaban J connectivity index is 2.18. The molecule has 3 N–H and O–H groups in total. The van der Waals surface area contributed by atoms with Crippen LogP contribution < -0.4 is 11.1 Å². The fourth-order valence-electron chi connectivity index (χ4n) is 1.36. The van der Waals surface area contributed by atoms with Gasteiger partial charge in [0.1, 0.15) is 5.69 Å². The molecule has 18 heavy (non-hydrogen) atoms. The Hall–Kier alpha value is -1.62. The Morgan fingerprint density at radius 2 is 2.33 bits per heavy atom. The van der Waals surface area contributed by atoms with E-state index in [2.05, 4.69) is 24.1 Å². The summed E-state index contributed by atoms with van der Waals surface area (Å²) in [5.74, 6) is 0.335.